The Balaban J connectivity index is 1.48. The van der Waals surface area contributed by atoms with Crippen molar-refractivity contribution < 1.29 is 14.3 Å². The molecule has 0 spiro atoms. The molecular weight excluding hydrogens is 324 g/mol. The van der Waals surface area contributed by atoms with E-state index in [4.69, 9.17) is 9.47 Å². The van der Waals surface area contributed by atoms with Gasteiger partial charge in [-0.05, 0) is 36.2 Å². The number of carbonyl (C=O) groups is 1. The molecule has 2 heterocycles. The van der Waals surface area contributed by atoms with Crippen LogP contribution in [0.2, 0.25) is 0 Å². The SMILES string of the molecule is Cc1cccc2sc(NC(=O)Cc3ccc4c(c3)OCCO4)nc12. The highest BCUT2D eigenvalue weighted by atomic mass is 32.1. The molecule has 4 rings (SSSR count). The van der Waals surface area contributed by atoms with Gasteiger partial charge in [0.1, 0.15) is 13.2 Å². The van der Waals surface area contributed by atoms with Crippen molar-refractivity contribution >= 4 is 32.6 Å². The molecule has 3 aromatic rings. The van der Waals surface area contributed by atoms with Crippen LogP contribution in [-0.2, 0) is 11.2 Å². The van der Waals surface area contributed by atoms with Crippen molar-refractivity contribution in [1.29, 1.82) is 0 Å². The molecule has 2 aromatic carbocycles. The predicted molar refractivity (Wildman–Crippen MR) is 94.1 cm³/mol. The van der Waals surface area contributed by atoms with Crippen molar-refractivity contribution in [3.05, 3.63) is 47.5 Å². The first-order valence-electron chi connectivity index (χ1n) is 7.73. The molecule has 1 N–H and O–H groups in total. The number of hydrogen-bond acceptors (Lipinski definition) is 5. The van der Waals surface area contributed by atoms with Crippen molar-refractivity contribution in [3.63, 3.8) is 0 Å². The lowest BCUT2D eigenvalue weighted by molar-refractivity contribution is -0.115. The first kappa shape index (κ1) is 15.0. The summed E-state index contributed by atoms with van der Waals surface area (Å²) in [6.45, 7) is 3.11. The van der Waals surface area contributed by atoms with E-state index in [0.29, 0.717) is 24.1 Å². The van der Waals surface area contributed by atoms with E-state index in [1.807, 2.05) is 43.3 Å². The van der Waals surface area contributed by atoms with Crippen molar-refractivity contribution in [2.45, 2.75) is 13.3 Å². The van der Waals surface area contributed by atoms with E-state index in [0.717, 1.165) is 27.1 Å². The van der Waals surface area contributed by atoms with Crippen LogP contribution in [0.3, 0.4) is 0 Å². The quantitative estimate of drug-likeness (QED) is 0.792. The van der Waals surface area contributed by atoms with Gasteiger partial charge in [-0.1, -0.05) is 29.5 Å². The summed E-state index contributed by atoms with van der Waals surface area (Å²) in [6, 6.07) is 11.6. The minimum absolute atomic E-state index is 0.0941. The summed E-state index contributed by atoms with van der Waals surface area (Å²) >= 11 is 1.49. The fraction of sp³-hybridized carbons (Fsp3) is 0.222. The second kappa shape index (κ2) is 6.13. The highest BCUT2D eigenvalue weighted by Gasteiger charge is 2.14. The number of aromatic nitrogens is 1. The molecule has 1 aliphatic rings. The third-order valence-electron chi connectivity index (χ3n) is 3.84. The number of ether oxygens (including phenoxy) is 2. The van der Waals surface area contributed by atoms with E-state index in [1.54, 1.807) is 0 Å². The number of hydrogen-bond donors (Lipinski definition) is 1. The number of nitrogens with one attached hydrogen (secondary N) is 1. The maximum Gasteiger partial charge on any atom is 0.230 e. The molecule has 1 amide bonds. The van der Waals surface area contributed by atoms with Crippen LogP contribution in [0.1, 0.15) is 11.1 Å². The van der Waals surface area contributed by atoms with Crippen LogP contribution in [0.15, 0.2) is 36.4 Å². The van der Waals surface area contributed by atoms with Gasteiger partial charge in [0.05, 0.1) is 16.6 Å². The Labute approximate surface area is 143 Å². The summed E-state index contributed by atoms with van der Waals surface area (Å²) in [5, 5.41) is 3.51. The van der Waals surface area contributed by atoms with E-state index >= 15 is 0 Å². The number of benzene rings is 2. The van der Waals surface area contributed by atoms with Crippen LogP contribution in [-0.4, -0.2) is 24.1 Å². The fourth-order valence-corrected chi connectivity index (χ4v) is 3.65. The molecule has 0 saturated heterocycles. The molecule has 5 nitrogen and oxygen atoms in total. The molecule has 1 aliphatic heterocycles. The molecule has 0 bridgehead atoms. The topological polar surface area (TPSA) is 60.5 Å². The molecule has 122 valence electrons. The highest BCUT2D eigenvalue weighted by Crippen LogP contribution is 2.31. The number of fused-ring (bicyclic) bond motifs is 2. The zero-order valence-corrected chi connectivity index (χ0v) is 14.0. The number of nitrogens with zero attached hydrogens (tertiary/aromatic N) is 1. The van der Waals surface area contributed by atoms with Crippen molar-refractivity contribution in [3.8, 4) is 11.5 Å². The Bertz CT molecular complexity index is 920. The highest BCUT2D eigenvalue weighted by molar-refractivity contribution is 7.22. The van der Waals surface area contributed by atoms with Crippen molar-refractivity contribution in [2.75, 3.05) is 18.5 Å². The summed E-state index contributed by atoms with van der Waals surface area (Å²) in [7, 11) is 0. The molecule has 0 unspecified atom stereocenters. The van der Waals surface area contributed by atoms with Crippen LogP contribution in [0.25, 0.3) is 10.2 Å². The first-order valence-corrected chi connectivity index (χ1v) is 8.55. The number of amides is 1. The molecule has 0 aliphatic carbocycles. The Kier molecular flexibility index (Phi) is 3.82. The molecule has 24 heavy (non-hydrogen) atoms. The standard InChI is InChI=1S/C18H16N2O3S/c1-11-3-2-4-15-17(11)20-18(24-15)19-16(21)10-12-5-6-13-14(9-12)23-8-7-22-13/h2-6,9H,7-8,10H2,1H3,(H,19,20,21). The Morgan fingerprint density at radius 1 is 1.21 bits per heavy atom. The molecule has 1 aromatic heterocycles. The average Bonchev–Trinajstić information content (AvgIpc) is 2.98. The lowest BCUT2D eigenvalue weighted by Gasteiger charge is -2.18. The minimum Gasteiger partial charge on any atom is -0.486 e. The van der Waals surface area contributed by atoms with E-state index in [-0.39, 0.29) is 12.3 Å². The van der Waals surface area contributed by atoms with E-state index in [9.17, 15) is 4.79 Å². The van der Waals surface area contributed by atoms with Gasteiger partial charge in [0.15, 0.2) is 16.6 Å². The van der Waals surface area contributed by atoms with Crippen LogP contribution in [0.4, 0.5) is 5.13 Å². The zero-order chi connectivity index (χ0) is 16.5. The summed E-state index contributed by atoms with van der Waals surface area (Å²) in [6.07, 6.45) is 0.269. The molecule has 0 saturated carbocycles. The lowest BCUT2D eigenvalue weighted by atomic mass is 10.1. The number of aryl methyl sites for hydroxylation is 1. The van der Waals surface area contributed by atoms with Crippen LogP contribution < -0.4 is 14.8 Å². The molecule has 0 fully saturated rings. The fourth-order valence-electron chi connectivity index (χ4n) is 2.69. The van der Waals surface area contributed by atoms with Gasteiger partial charge in [-0.15, -0.1) is 0 Å². The Hall–Kier alpha value is -2.60. The third kappa shape index (κ3) is 2.92. The van der Waals surface area contributed by atoms with E-state index < -0.39 is 0 Å². The van der Waals surface area contributed by atoms with Gasteiger partial charge < -0.3 is 14.8 Å². The van der Waals surface area contributed by atoms with Gasteiger partial charge in [-0.3, -0.25) is 4.79 Å². The van der Waals surface area contributed by atoms with Gasteiger partial charge >= 0.3 is 0 Å². The number of anilines is 1. The smallest absolute Gasteiger partial charge is 0.230 e. The molecule has 6 heteroatoms. The van der Waals surface area contributed by atoms with Gasteiger partial charge in [0, 0.05) is 0 Å². The Morgan fingerprint density at radius 3 is 2.88 bits per heavy atom. The number of rotatable bonds is 3. The third-order valence-corrected chi connectivity index (χ3v) is 4.77. The molecule has 0 radical (unpaired) electrons. The number of thiazole rings is 1. The average molecular weight is 340 g/mol. The molecular formula is C18H16N2O3S. The summed E-state index contributed by atoms with van der Waals surface area (Å²) in [5.41, 5.74) is 2.93. The van der Waals surface area contributed by atoms with Crippen molar-refractivity contribution in [2.24, 2.45) is 0 Å². The van der Waals surface area contributed by atoms with Gasteiger partial charge in [-0.2, -0.15) is 0 Å². The zero-order valence-electron chi connectivity index (χ0n) is 13.2. The van der Waals surface area contributed by atoms with E-state index in [1.165, 1.54) is 11.3 Å². The van der Waals surface area contributed by atoms with Crippen LogP contribution in [0.5, 0.6) is 11.5 Å². The monoisotopic (exact) mass is 340 g/mol. The second-order valence-electron chi connectivity index (χ2n) is 5.64. The first-order chi connectivity index (χ1) is 11.7. The Morgan fingerprint density at radius 2 is 2.04 bits per heavy atom. The summed E-state index contributed by atoms with van der Waals surface area (Å²) in [5.74, 6) is 1.33. The van der Waals surface area contributed by atoms with Crippen molar-refractivity contribution in [1.82, 2.24) is 4.98 Å². The molecule has 0 atom stereocenters. The second-order valence-corrected chi connectivity index (χ2v) is 6.67. The lowest BCUT2D eigenvalue weighted by Crippen LogP contribution is -2.17. The van der Waals surface area contributed by atoms with Gasteiger partial charge in [0.2, 0.25) is 5.91 Å². The van der Waals surface area contributed by atoms with Gasteiger partial charge in [0.25, 0.3) is 0 Å². The number of para-hydroxylation sites is 1. The number of carbonyl (C=O) groups excluding carboxylic acids is 1. The normalized spacial score (nSPS) is 13.0. The minimum atomic E-state index is -0.0941. The van der Waals surface area contributed by atoms with Crippen LogP contribution >= 0.6 is 11.3 Å². The van der Waals surface area contributed by atoms with Crippen LogP contribution in [0, 0.1) is 6.92 Å². The summed E-state index contributed by atoms with van der Waals surface area (Å²) < 4.78 is 12.1. The largest absolute Gasteiger partial charge is 0.486 e. The van der Waals surface area contributed by atoms with E-state index in [2.05, 4.69) is 10.3 Å². The maximum atomic E-state index is 12.3. The maximum absolute atomic E-state index is 12.3. The predicted octanol–water partition coefficient (Wildman–Crippen LogP) is 3.56. The summed E-state index contributed by atoms with van der Waals surface area (Å²) in [4.78, 5) is 16.8. The van der Waals surface area contributed by atoms with Gasteiger partial charge in [-0.25, -0.2) is 4.98 Å².